The van der Waals surface area contributed by atoms with Crippen LogP contribution < -0.4 is 10.1 Å². The van der Waals surface area contributed by atoms with E-state index < -0.39 is 0 Å². The van der Waals surface area contributed by atoms with E-state index in [1.54, 1.807) is 7.11 Å². The largest absolute Gasteiger partial charge is 0.497 e. The number of hydrogen-bond donors (Lipinski definition) is 1. The van der Waals surface area contributed by atoms with Gasteiger partial charge in [-0.3, -0.25) is 4.79 Å². The minimum atomic E-state index is 0.140. The summed E-state index contributed by atoms with van der Waals surface area (Å²) >= 11 is 0. The molecule has 0 spiro atoms. The molecule has 3 rings (SSSR count). The molecule has 2 unspecified atom stereocenters. The minimum absolute atomic E-state index is 0.140. The molecule has 3 nitrogen and oxygen atoms in total. The maximum Gasteiger partial charge on any atom is 0.133 e. The maximum absolute atomic E-state index is 12.1. The first-order valence-corrected chi connectivity index (χ1v) is 10.2. The van der Waals surface area contributed by atoms with E-state index in [1.807, 2.05) is 12.1 Å². The lowest BCUT2D eigenvalue weighted by molar-refractivity contribution is -0.121. The first kappa shape index (κ1) is 19.5. The van der Waals surface area contributed by atoms with Crippen LogP contribution in [0.1, 0.15) is 62.6 Å². The third kappa shape index (κ3) is 5.35. The van der Waals surface area contributed by atoms with Crippen LogP contribution in [0.25, 0.3) is 0 Å². The van der Waals surface area contributed by atoms with Gasteiger partial charge in [0, 0.05) is 18.5 Å². The number of anilines is 1. The Morgan fingerprint density at radius 2 is 1.85 bits per heavy atom. The van der Waals surface area contributed by atoms with E-state index in [0.29, 0.717) is 18.1 Å². The second kappa shape index (κ2) is 9.59. The van der Waals surface area contributed by atoms with E-state index in [9.17, 15) is 4.79 Å². The fraction of sp³-hybridized carbons (Fsp3) is 0.458. The average molecular weight is 366 g/mol. The van der Waals surface area contributed by atoms with Crippen molar-refractivity contribution in [1.29, 1.82) is 0 Å². The number of methoxy groups -OCH3 is 1. The molecule has 27 heavy (non-hydrogen) atoms. The van der Waals surface area contributed by atoms with Gasteiger partial charge in [0.25, 0.3) is 0 Å². The Labute approximate surface area is 163 Å². The lowest BCUT2D eigenvalue weighted by Gasteiger charge is -2.31. The molecule has 1 fully saturated rings. The molecule has 0 amide bonds. The van der Waals surface area contributed by atoms with Gasteiger partial charge < -0.3 is 10.1 Å². The average Bonchev–Trinajstić information content (AvgIpc) is 2.71. The topological polar surface area (TPSA) is 38.3 Å². The number of nitrogens with one attached hydrogen (secondary N) is 1. The highest BCUT2D eigenvalue weighted by atomic mass is 16.5. The van der Waals surface area contributed by atoms with E-state index in [-0.39, 0.29) is 6.04 Å². The molecule has 2 aromatic rings. The highest BCUT2D eigenvalue weighted by molar-refractivity contribution is 5.79. The Hall–Kier alpha value is -2.29. The molecule has 144 valence electrons. The first-order valence-electron chi connectivity index (χ1n) is 10.2. The van der Waals surface area contributed by atoms with Gasteiger partial charge in [0.2, 0.25) is 0 Å². The van der Waals surface area contributed by atoms with Gasteiger partial charge in [0.05, 0.1) is 13.2 Å². The van der Waals surface area contributed by atoms with E-state index >= 15 is 0 Å². The molecule has 2 aromatic carbocycles. The molecule has 1 saturated carbocycles. The van der Waals surface area contributed by atoms with Crippen molar-refractivity contribution in [3.8, 4) is 5.75 Å². The Kier molecular flexibility index (Phi) is 6.92. The molecule has 1 aliphatic rings. The Bertz CT molecular complexity index is 721. The van der Waals surface area contributed by atoms with Crippen LogP contribution in [-0.2, 0) is 11.2 Å². The van der Waals surface area contributed by atoms with Crippen LogP contribution >= 0.6 is 0 Å². The van der Waals surface area contributed by atoms with Gasteiger partial charge >= 0.3 is 0 Å². The summed E-state index contributed by atoms with van der Waals surface area (Å²) in [6.45, 7) is 2.22. The summed E-state index contributed by atoms with van der Waals surface area (Å²) in [4.78, 5) is 12.1. The number of carbonyl (C=O) groups excluding carboxylic acids is 1. The van der Waals surface area contributed by atoms with E-state index in [2.05, 4.69) is 48.6 Å². The number of Topliss-reactive ketones (excluding diaryl/α,β-unsaturated/α-hetero) is 1. The standard InChI is InChI=1S/C24H31NO2/c1-3-4-6-18-9-13-21(14-10-18)25-24(20-7-5-8-22(26)17-20)19-11-15-23(27-2)16-12-19/h9-16,20,24-25H,3-8,17H2,1-2H3. The summed E-state index contributed by atoms with van der Waals surface area (Å²) < 4.78 is 5.30. The van der Waals surface area contributed by atoms with Gasteiger partial charge in [-0.1, -0.05) is 37.6 Å². The van der Waals surface area contributed by atoms with E-state index in [4.69, 9.17) is 4.74 Å². The molecule has 1 aliphatic carbocycles. The first-order chi connectivity index (χ1) is 13.2. The van der Waals surface area contributed by atoms with Crippen LogP contribution in [0.5, 0.6) is 5.75 Å². The molecule has 0 aliphatic heterocycles. The lowest BCUT2D eigenvalue weighted by Crippen LogP contribution is -2.26. The number of unbranched alkanes of at least 4 members (excludes halogenated alkanes) is 1. The lowest BCUT2D eigenvalue weighted by atomic mass is 9.80. The molecule has 0 heterocycles. The smallest absolute Gasteiger partial charge is 0.133 e. The fourth-order valence-electron chi connectivity index (χ4n) is 3.96. The molecule has 1 N–H and O–H groups in total. The van der Waals surface area contributed by atoms with Gasteiger partial charge in [-0.2, -0.15) is 0 Å². The monoisotopic (exact) mass is 365 g/mol. The summed E-state index contributed by atoms with van der Waals surface area (Å²) in [5.41, 5.74) is 3.72. The van der Waals surface area contributed by atoms with Crippen molar-refractivity contribution in [2.45, 2.75) is 57.9 Å². The van der Waals surface area contributed by atoms with Crippen molar-refractivity contribution < 1.29 is 9.53 Å². The predicted octanol–water partition coefficient (Wildman–Crippen LogP) is 5.95. The number of hydrogen-bond acceptors (Lipinski definition) is 3. The molecule has 2 atom stereocenters. The summed E-state index contributed by atoms with van der Waals surface area (Å²) in [6, 6.07) is 17.2. The van der Waals surface area contributed by atoms with Crippen LogP contribution in [0.2, 0.25) is 0 Å². The van der Waals surface area contributed by atoms with E-state index in [0.717, 1.165) is 37.1 Å². The molecule has 0 saturated heterocycles. The third-order valence-corrected chi connectivity index (χ3v) is 5.56. The zero-order chi connectivity index (χ0) is 19.1. The van der Waals surface area contributed by atoms with Crippen molar-refractivity contribution in [2.24, 2.45) is 5.92 Å². The van der Waals surface area contributed by atoms with Crippen LogP contribution in [0.3, 0.4) is 0 Å². The molecular formula is C24H31NO2. The Morgan fingerprint density at radius 3 is 2.48 bits per heavy atom. The Morgan fingerprint density at radius 1 is 1.11 bits per heavy atom. The quantitative estimate of drug-likeness (QED) is 0.628. The van der Waals surface area contributed by atoms with Crippen molar-refractivity contribution in [3.05, 3.63) is 59.7 Å². The van der Waals surface area contributed by atoms with Gasteiger partial charge in [-0.05, 0) is 67.0 Å². The van der Waals surface area contributed by atoms with Crippen molar-refractivity contribution in [3.63, 3.8) is 0 Å². The summed E-state index contributed by atoms with van der Waals surface area (Å²) in [5, 5.41) is 3.71. The fourth-order valence-corrected chi connectivity index (χ4v) is 3.96. The molecule has 0 aromatic heterocycles. The summed E-state index contributed by atoms with van der Waals surface area (Å²) in [7, 11) is 1.69. The summed E-state index contributed by atoms with van der Waals surface area (Å²) in [6.07, 6.45) is 7.06. The number of ether oxygens (including phenoxy) is 1. The minimum Gasteiger partial charge on any atom is -0.497 e. The van der Waals surface area contributed by atoms with Crippen molar-refractivity contribution in [1.82, 2.24) is 0 Å². The van der Waals surface area contributed by atoms with Gasteiger partial charge in [-0.25, -0.2) is 0 Å². The number of carbonyl (C=O) groups is 1. The molecule has 0 radical (unpaired) electrons. The van der Waals surface area contributed by atoms with Gasteiger partial charge in [0.1, 0.15) is 11.5 Å². The van der Waals surface area contributed by atoms with Crippen molar-refractivity contribution in [2.75, 3.05) is 12.4 Å². The number of ketones is 1. The van der Waals surface area contributed by atoms with Crippen LogP contribution in [0.15, 0.2) is 48.5 Å². The number of aryl methyl sites for hydroxylation is 1. The maximum atomic E-state index is 12.1. The highest BCUT2D eigenvalue weighted by Gasteiger charge is 2.28. The Balaban J connectivity index is 1.79. The highest BCUT2D eigenvalue weighted by Crippen LogP contribution is 2.36. The predicted molar refractivity (Wildman–Crippen MR) is 111 cm³/mol. The molecule has 0 bridgehead atoms. The number of rotatable bonds is 8. The normalized spacial score (nSPS) is 18.1. The summed E-state index contributed by atoms with van der Waals surface area (Å²) in [5.74, 6) is 1.58. The van der Waals surface area contributed by atoms with E-state index in [1.165, 1.54) is 24.0 Å². The second-order valence-corrected chi connectivity index (χ2v) is 7.59. The van der Waals surface area contributed by atoms with Gasteiger partial charge in [-0.15, -0.1) is 0 Å². The van der Waals surface area contributed by atoms with Crippen LogP contribution in [0.4, 0.5) is 5.69 Å². The third-order valence-electron chi connectivity index (χ3n) is 5.56. The van der Waals surface area contributed by atoms with Gasteiger partial charge in [0.15, 0.2) is 0 Å². The SMILES string of the molecule is CCCCc1ccc(NC(c2ccc(OC)cc2)C2CCCC(=O)C2)cc1. The molecule has 3 heteroatoms. The number of benzene rings is 2. The van der Waals surface area contributed by atoms with Crippen LogP contribution in [-0.4, -0.2) is 12.9 Å². The zero-order valence-corrected chi connectivity index (χ0v) is 16.5. The van der Waals surface area contributed by atoms with Crippen molar-refractivity contribution >= 4 is 11.5 Å². The van der Waals surface area contributed by atoms with Crippen LogP contribution in [0, 0.1) is 5.92 Å². The zero-order valence-electron chi connectivity index (χ0n) is 16.5. The molecular weight excluding hydrogens is 334 g/mol. The second-order valence-electron chi connectivity index (χ2n) is 7.59.